The molecule has 3 aromatic heterocycles. The molecular weight excluding hydrogens is 589 g/mol. The number of hydrogen-bond donors (Lipinski definition) is 1. The summed E-state index contributed by atoms with van der Waals surface area (Å²) in [6.07, 6.45) is 1.10. The molecule has 0 radical (unpaired) electrons. The van der Waals surface area contributed by atoms with E-state index in [9.17, 15) is 9.50 Å². The van der Waals surface area contributed by atoms with Gasteiger partial charge >= 0.3 is 0 Å². The molecule has 6 aromatic rings. The minimum absolute atomic E-state index is 0.150. The summed E-state index contributed by atoms with van der Waals surface area (Å²) in [4.78, 5) is 6.64. The van der Waals surface area contributed by atoms with Crippen molar-refractivity contribution in [2.45, 2.75) is 12.6 Å². The molecule has 6 rings (SSSR count). The summed E-state index contributed by atoms with van der Waals surface area (Å²) in [6, 6.07) is 23.7. The Morgan fingerprint density at radius 2 is 1.88 bits per heavy atom. The Labute approximate surface area is 244 Å². The van der Waals surface area contributed by atoms with Gasteiger partial charge in [0.2, 0.25) is 0 Å². The van der Waals surface area contributed by atoms with E-state index in [0.29, 0.717) is 36.7 Å². The number of likely N-dealkylation sites (N-methyl/N-ethyl adjacent to an activating group) is 1. The molecule has 0 bridgehead atoms. The molecule has 3 heterocycles. The summed E-state index contributed by atoms with van der Waals surface area (Å²) in [7, 11) is 1.96. The minimum Gasteiger partial charge on any atom is -0.491 e. The summed E-state index contributed by atoms with van der Waals surface area (Å²) in [5, 5.41) is 20.3. The number of rotatable bonds is 10. The monoisotopic (exact) mass is 615 g/mol. The van der Waals surface area contributed by atoms with Crippen molar-refractivity contribution in [1.29, 1.82) is 0 Å². The first-order chi connectivity index (χ1) is 19.9. The lowest BCUT2D eigenvalue weighted by Crippen LogP contribution is -2.35. The summed E-state index contributed by atoms with van der Waals surface area (Å²) in [5.74, 6) is 0.260. The molecular formula is C31H27BrFN5O3. The van der Waals surface area contributed by atoms with Crippen LogP contribution in [0.4, 0.5) is 4.39 Å². The number of halogens is 2. The van der Waals surface area contributed by atoms with Crippen molar-refractivity contribution in [2.75, 3.05) is 26.7 Å². The summed E-state index contributed by atoms with van der Waals surface area (Å²) >= 11 is 3.54. The number of aliphatic hydroxyl groups excluding tert-OH is 1. The van der Waals surface area contributed by atoms with Crippen molar-refractivity contribution >= 4 is 37.9 Å². The number of aliphatic hydroxyl groups is 1. The van der Waals surface area contributed by atoms with Crippen LogP contribution < -0.4 is 4.74 Å². The fourth-order valence-electron chi connectivity index (χ4n) is 4.80. The van der Waals surface area contributed by atoms with Gasteiger partial charge in [-0.2, -0.15) is 5.10 Å². The van der Waals surface area contributed by atoms with Crippen LogP contribution in [0.1, 0.15) is 0 Å². The maximum absolute atomic E-state index is 13.4. The molecule has 10 heteroatoms. The summed E-state index contributed by atoms with van der Waals surface area (Å²) < 4.78 is 27.5. The van der Waals surface area contributed by atoms with Gasteiger partial charge in [0, 0.05) is 46.3 Å². The molecule has 0 saturated carbocycles. The Kier molecular flexibility index (Phi) is 7.78. The zero-order valence-electron chi connectivity index (χ0n) is 22.2. The van der Waals surface area contributed by atoms with Crippen LogP contribution in [0.15, 0.2) is 94.1 Å². The largest absolute Gasteiger partial charge is 0.491 e. The van der Waals surface area contributed by atoms with Crippen molar-refractivity contribution in [3.8, 4) is 28.3 Å². The number of fused-ring (bicyclic) bond motifs is 2. The molecule has 0 unspecified atom stereocenters. The van der Waals surface area contributed by atoms with Gasteiger partial charge in [0.15, 0.2) is 5.58 Å². The number of ether oxygens (including phenoxy) is 1. The fraction of sp³-hybridized carbons (Fsp3) is 0.194. The molecule has 0 spiro atoms. The quantitative estimate of drug-likeness (QED) is 0.197. The molecule has 0 aliphatic heterocycles. The normalized spacial score (nSPS) is 12.4. The van der Waals surface area contributed by atoms with Gasteiger partial charge in [-0.15, -0.1) is 0 Å². The lowest BCUT2D eigenvalue weighted by atomic mass is 10.1. The highest BCUT2D eigenvalue weighted by molar-refractivity contribution is 9.10. The van der Waals surface area contributed by atoms with Crippen molar-refractivity contribution in [1.82, 2.24) is 24.8 Å². The highest BCUT2D eigenvalue weighted by atomic mass is 79.9. The molecule has 0 amide bonds. The van der Waals surface area contributed by atoms with E-state index in [2.05, 4.69) is 31.0 Å². The zero-order valence-corrected chi connectivity index (χ0v) is 23.8. The first-order valence-electron chi connectivity index (χ1n) is 13.2. The molecule has 41 heavy (non-hydrogen) atoms. The first-order valence-corrected chi connectivity index (χ1v) is 14.0. The Hall–Kier alpha value is -4.12. The number of pyridine rings is 1. The van der Waals surface area contributed by atoms with Crippen LogP contribution >= 0.6 is 15.9 Å². The number of hydrogen-bond acceptors (Lipinski definition) is 7. The molecule has 0 aliphatic carbocycles. The molecule has 0 saturated heterocycles. The maximum atomic E-state index is 13.4. The van der Waals surface area contributed by atoms with Gasteiger partial charge in [-0.3, -0.25) is 9.67 Å². The molecule has 8 nitrogen and oxygen atoms in total. The average Bonchev–Trinajstić information content (AvgIpc) is 3.57. The predicted octanol–water partition coefficient (Wildman–Crippen LogP) is 6.18. The van der Waals surface area contributed by atoms with E-state index >= 15 is 0 Å². The van der Waals surface area contributed by atoms with E-state index in [1.807, 2.05) is 72.4 Å². The van der Waals surface area contributed by atoms with E-state index in [1.54, 1.807) is 12.3 Å². The molecule has 208 valence electrons. The molecule has 3 aromatic carbocycles. The summed E-state index contributed by atoms with van der Waals surface area (Å²) in [5.41, 5.74) is 5.53. The van der Waals surface area contributed by atoms with Gasteiger partial charge < -0.3 is 19.3 Å². The van der Waals surface area contributed by atoms with E-state index in [0.717, 1.165) is 37.7 Å². The van der Waals surface area contributed by atoms with Crippen LogP contribution in [0.3, 0.4) is 0 Å². The van der Waals surface area contributed by atoms with Crippen LogP contribution in [0.25, 0.3) is 44.5 Å². The van der Waals surface area contributed by atoms with Gasteiger partial charge in [0.1, 0.15) is 41.2 Å². The second-order valence-electron chi connectivity index (χ2n) is 9.88. The zero-order chi connectivity index (χ0) is 28.3. The van der Waals surface area contributed by atoms with E-state index < -0.39 is 6.10 Å². The second kappa shape index (κ2) is 11.8. The van der Waals surface area contributed by atoms with Crippen molar-refractivity contribution in [2.24, 2.45) is 0 Å². The smallest absolute Gasteiger partial charge is 0.170 e. The van der Waals surface area contributed by atoms with Crippen molar-refractivity contribution in [3.63, 3.8) is 0 Å². The minimum atomic E-state index is -0.678. The molecule has 1 atom stereocenters. The predicted molar refractivity (Wildman–Crippen MR) is 159 cm³/mol. The molecule has 0 aliphatic rings. The van der Waals surface area contributed by atoms with Crippen LogP contribution in [0, 0.1) is 5.82 Å². The lowest BCUT2D eigenvalue weighted by molar-refractivity contribution is 0.0752. The Morgan fingerprint density at radius 1 is 1.02 bits per heavy atom. The third-order valence-electron chi connectivity index (χ3n) is 6.83. The fourth-order valence-corrected chi connectivity index (χ4v) is 5.20. The average molecular weight is 616 g/mol. The highest BCUT2D eigenvalue weighted by Gasteiger charge is 2.16. The van der Waals surface area contributed by atoms with Gasteiger partial charge in [-0.05, 0) is 67.7 Å². The number of nitrogens with zero attached hydrogens (tertiary/aromatic N) is 5. The SMILES string of the molecule is CN(CCn1nc(-c2cccc(Br)c2)c2ncccc21)C[C@@H](O)COc1ccc(-c2noc3cc(F)ccc23)cc1. The summed E-state index contributed by atoms with van der Waals surface area (Å²) in [6.45, 7) is 1.92. The van der Waals surface area contributed by atoms with Gasteiger partial charge in [-0.1, -0.05) is 33.2 Å². The van der Waals surface area contributed by atoms with Crippen LogP contribution in [0.2, 0.25) is 0 Å². The van der Waals surface area contributed by atoms with Crippen molar-refractivity contribution < 1.29 is 18.8 Å². The van der Waals surface area contributed by atoms with E-state index in [-0.39, 0.29) is 12.4 Å². The lowest BCUT2D eigenvalue weighted by Gasteiger charge is -2.21. The highest BCUT2D eigenvalue weighted by Crippen LogP contribution is 2.30. The first kappa shape index (κ1) is 27.1. The van der Waals surface area contributed by atoms with Gasteiger partial charge in [0.05, 0.1) is 12.1 Å². The third-order valence-corrected chi connectivity index (χ3v) is 7.32. The van der Waals surface area contributed by atoms with E-state index in [4.69, 9.17) is 14.4 Å². The second-order valence-corrected chi connectivity index (χ2v) is 10.8. The Bertz CT molecular complexity index is 1800. The Balaban J connectivity index is 1.04. The molecule has 1 N–H and O–H groups in total. The molecule has 0 fully saturated rings. The standard InChI is InChI=1S/C31H27BrFN5O3/c1-37(14-15-38-27-6-3-13-34-31(27)30(35-38)21-4-2-5-22(32)16-21)18-24(39)19-40-25-10-7-20(8-11-25)29-26-12-9-23(33)17-28(26)41-36-29/h2-13,16-17,24,39H,14-15,18-19H2,1H3/t24-/m1/s1. The number of benzene rings is 3. The van der Waals surface area contributed by atoms with Crippen LogP contribution in [0.5, 0.6) is 5.75 Å². The van der Waals surface area contributed by atoms with Gasteiger partial charge in [0.25, 0.3) is 0 Å². The maximum Gasteiger partial charge on any atom is 0.170 e. The van der Waals surface area contributed by atoms with Gasteiger partial charge in [-0.25, -0.2) is 4.39 Å². The third kappa shape index (κ3) is 6.00. The topological polar surface area (TPSA) is 89.4 Å². The van der Waals surface area contributed by atoms with Crippen LogP contribution in [-0.2, 0) is 6.54 Å². The Morgan fingerprint density at radius 3 is 2.71 bits per heavy atom. The number of aromatic nitrogens is 4. The van der Waals surface area contributed by atoms with E-state index in [1.165, 1.54) is 12.1 Å². The van der Waals surface area contributed by atoms with Crippen LogP contribution in [-0.4, -0.2) is 62.8 Å². The van der Waals surface area contributed by atoms with Crippen molar-refractivity contribution in [3.05, 3.63) is 95.3 Å².